The fraction of sp³-hybridized carbons (Fsp3) is 0.222. The summed E-state index contributed by atoms with van der Waals surface area (Å²) >= 11 is 3.37. The molecule has 118 valence electrons. The number of hydrogen-bond acceptors (Lipinski definition) is 5. The molecular formula is C18H18N2OS2. The second-order valence-electron chi connectivity index (χ2n) is 5.23. The van der Waals surface area contributed by atoms with E-state index in [1.807, 2.05) is 32.1 Å². The molecule has 0 amide bonds. The Kier molecular flexibility index (Phi) is 4.59. The molecule has 2 heterocycles. The maximum absolute atomic E-state index is 5.47. The summed E-state index contributed by atoms with van der Waals surface area (Å²) in [6.45, 7) is 7.89. The number of thiazole rings is 2. The molecule has 0 saturated heterocycles. The van der Waals surface area contributed by atoms with Gasteiger partial charge in [0.1, 0.15) is 5.75 Å². The van der Waals surface area contributed by atoms with Crippen LogP contribution in [0.5, 0.6) is 5.75 Å². The summed E-state index contributed by atoms with van der Waals surface area (Å²) in [6.07, 6.45) is 2.60. The molecule has 5 heteroatoms. The molecule has 2 aromatic heterocycles. The van der Waals surface area contributed by atoms with E-state index in [1.54, 1.807) is 29.8 Å². The highest BCUT2D eigenvalue weighted by Gasteiger charge is 2.13. The molecule has 0 aliphatic rings. The van der Waals surface area contributed by atoms with Gasteiger partial charge in [0.05, 0.1) is 33.4 Å². The van der Waals surface area contributed by atoms with Gasteiger partial charge in [0.15, 0.2) is 0 Å². The van der Waals surface area contributed by atoms with Crippen LogP contribution in [0.15, 0.2) is 30.2 Å². The smallest absolute Gasteiger partial charge is 0.122 e. The van der Waals surface area contributed by atoms with Crippen LogP contribution in [0, 0.1) is 13.8 Å². The van der Waals surface area contributed by atoms with Crippen molar-refractivity contribution in [1.82, 2.24) is 9.97 Å². The minimum atomic E-state index is 0.756. The third-order valence-electron chi connectivity index (χ3n) is 3.57. The molecule has 0 bridgehead atoms. The number of benzene rings is 1. The monoisotopic (exact) mass is 342 g/mol. The highest BCUT2D eigenvalue weighted by atomic mass is 32.1. The second kappa shape index (κ2) is 6.64. The summed E-state index contributed by atoms with van der Waals surface area (Å²) in [4.78, 5) is 10.4. The Morgan fingerprint density at radius 2 is 2.09 bits per heavy atom. The first-order chi connectivity index (χ1) is 11.1. The Morgan fingerprint density at radius 3 is 2.74 bits per heavy atom. The van der Waals surface area contributed by atoms with Crippen LogP contribution >= 0.6 is 22.7 Å². The van der Waals surface area contributed by atoms with Crippen LogP contribution in [-0.4, -0.2) is 17.1 Å². The molecule has 3 aromatic rings. The molecule has 0 unspecified atom stereocenters. The van der Waals surface area contributed by atoms with Crippen molar-refractivity contribution in [2.75, 3.05) is 7.11 Å². The van der Waals surface area contributed by atoms with Crippen molar-refractivity contribution in [1.29, 1.82) is 0 Å². The first kappa shape index (κ1) is 15.9. The molecule has 0 spiro atoms. The van der Waals surface area contributed by atoms with E-state index in [0.717, 1.165) is 49.6 Å². The molecule has 0 saturated carbocycles. The van der Waals surface area contributed by atoms with Gasteiger partial charge < -0.3 is 4.74 Å². The van der Waals surface area contributed by atoms with Crippen LogP contribution in [0.2, 0.25) is 0 Å². The first-order valence-electron chi connectivity index (χ1n) is 7.29. The second-order valence-corrected chi connectivity index (χ2v) is 7.37. The number of hydrogen-bond donors (Lipinski definition) is 0. The van der Waals surface area contributed by atoms with Gasteiger partial charge in [0.25, 0.3) is 0 Å². The average Bonchev–Trinajstić information content (AvgIpc) is 3.13. The van der Waals surface area contributed by atoms with Crippen molar-refractivity contribution in [3.8, 4) is 16.3 Å². The number of methoxy groups -OCH3 is 1. The van der Waals surface area contributed by atoms with Crippen LogP contribution in [0.4, 0.5) is 0 Å². The van der Waals surface area contributed by atoms with E-state index in [9.17, 15) is 0 Å². The molecule has 0 atom stereocenters. The van der Waals surface area contributed by atoms with E-state index in [0.29, 0.717) is 0 Å². The Balaban J connectivity index is 1.90. The standard InChI is InChI=1S/C18H18N2OS2/c1-5-13-6-7-16(21-4)14(8-13)9-17-20-15(10-22-17)18-11(2)19-12(3)23-18/h5-8,10H,1,9H2,2-4H3. The Bertz CT molecular complexity index is 849. The van der Waals surface area contributed by atoms with E-state index in [4.69, 9.17) is 9.72 Å². The molecule has 0 fully saturated rings. The van der Waals surface area contributed by atoms with E-state index < -0.39 is 0 Å². The van der Waals surface area contributed by atoms with Gasteiger partial charge in [-0.1, -0.05) is 18.7 Å². The summed E-state index contributed by atoms with van der Waals surface area (Å²) in [6, 6.07) is 6.10. The minimum Gasteiger partial charge on any atom is -0.496 e. The van der Waals surface area contributed by atoms with Crippen LogP contribution in [0.3, 0.4) is 0 Å². The summed E-state index contributed by atoms with van der Waals surface area (Å²) in [5, 5.41) is 4.26. The SMILES string of the molecule is C=Cc1ccc(OC)c(Cc2nc(-c3sc(C)nc3C)cs2)c1. The predicted octanol–water partition coefficient (Wildman–Crippen LogP) is 5.13. The van der Waals surface area contributed by atoms with Crippen LogP contribution in [-0.2, 0) is 6.42 Å². The van der Waals surface area contributed by atoms with Crippen LogP contribution in [0.1, 0.15) is 26.8 Å². The average molecular weight is 342 g/mol. The Labute approximate surface area is 144 Å². The molecule has 23 heavy (non-hydrogen) atoms. The van der Waals surface area contributed by atoms with Crippen molar-refractivity contribution in [3.63, 3.8) is 0 Å². The van der Waals surface area contributed by atoms with E-state index in [2.05, 4.69) is 23.0 Å². The predicted molar refractivity (Wildman–Crippen MR) is 98.6 cm³/mol. The van der Waals surface area contributed by atoms with Crippen LogP contribution < -0.4 is 4.74 Å². The summed E-state index contributed by atoms with van der Waals surface area (Å²) < 4.78 is 5.47. The van der Waals surface area contributed by atoms with Gasteiger partial charge in [-0.05, 0) is 31.5 Å². The zero-order valence-electron chi connectivity index (χ0n) is 13.4. The topological polar surface area (TPSA) is 35.0 Å². The Hall–Kier alpha value is -1.98. The van der Waals surface area contributed by atoms with Gasteiger partial charge in [0.2, 0.25) is 0 Å². The molecule has 1 aromatic carbocycles. The minimum absolute atomic E-state index is 0.756. The van der Waals surface area contributed by atoms with Gasteiger partial charge in [-0.2, -0.15) is 0 Å². The lowest BCUT2D eigenvalue weighted by Crippen LogP contribution is -1.94. The van der Waals surface area contributed by atoms with Crippen molar-refractivity contribution in [3.05, 3.63) is 57.0 Å². The molecule has 3 rings (SSSR count). The third-order valence-corrected chi connectivity index (χ3v) is 5.51. The van der Waals surface area contributed by atoms with Gasteiger partial charge >= 0.3 is 0 Å². The number of rotatable bonds is 5. The maximum Gasteiger partial charge on any atom is 0.122 e. The zero-order chi connectivity index (χ0) is 16.4. The third kappa shape index (κ3) is 3.35. The highest BCUT2D eigenvalue weighted by molar-refractivity contribution is 7.15. The van der Waals surface area contributed by atoms with Crippen molar-refractivity contribution in [2.45, 2.75) is 20.3 Å². The van der Waals surface area contributed by atoms with Gasteiger partial charge in [0, 0.05) is 17.4 Å². The van der Waals surface area contributed by atoms with E-state index in [-0.39, 0.29) is 0 Å². The molecule has 3 nitrogen and oxygen atoms in total. The fourth-order valence-electron chi connectivity index (χ4n) is 2.49. The van der Waals surface area contributed by atoms with Crippen molar-refractivity contribution >= 4 is 28.7 Å². The summed E-state index contributed by atoms with van der Waals surface area (Å²) in [5.41, 5.74) is 4.29. The van der Waals surface area contributed by atoms with Crippen LogP contribution in [0.25, 0.3) is 16.6 Å². The lowest BCUT2D eigenvalue weighted by atomic mass is 10.1. The molecule has 0 radical (unpaired) electrons. The number of ether oxygens (including phenoxy) is 1. The molecular weight excluding hydrogens is 324 g/mol. The molecule has 0 N–H and O–H groups in total. The van der Waals surface area contributed by atoms with Crippen molar-refractivity contribution < 1.29 is 4.74 Å². The highest BCUT2D eigenvalue weighted by Crippen LogP contribution is 2.32. The van der Waals surface area contributed by atoms with E-state index in [1.165, 1.54) is 0 Å². The lowest BCUT2D eigenvalue weighted by molar-refractivity contribution is 0.410. The van der Waals surface area contributed by atoms with Gasteiger partial charge in [-0.3, -0.25) is 0 Å². The summed E-state index contributed by atoms with van der Waals surface area (Å²) in [5.74, 6) is 0.886. The quantitative estimate of drug-likeness (QED) is 0.645. The maximum atomic E-state index is 5.47. The van der Waals surface area contributed by atoms with Gasteiger partial charge in [-0.15, -0.1) is 22.7 Å². The normalized spacial score (nSPS) is 10.7. The fourth-order valence-corrected chi connectivity index (χ4v) is 4.26. The Morgan fingerprint density at radius 1 is 1.26 bits per heavy atom. The zero-order valence-corrected chi connectivity index (χ0v) is 15.1. The number of nitrogens with zero attached hydrogens (tertiary/aromatic N) is 2. The van der Waals surface area contributed by atoms with E-state index >= 15 is 0 Å². The number of aryl methyl sites for hydroxylation is 2. The lowest BCUT2D eigenvalue weighted by Gasteiger charge is -2.08. The number of aromatic nitrogens is 2. The van der Waals surface area contributed by atoms with Crippen molar-refractivity contribution in [2.24, 2.45) is 0 Å². The first-order valence-corrected chi connectivity index (χ1v) is 8.98. The molecule has 0 aliphatic carbocycles. The largest absolute Gasteiger partial charge is 0.496 e. The van der Waals surface area contributed by atoms with Gasteiger partial charge in [-0.25, -0.2) is 9.97 Å². The summed E-state index contributed by atoms with van der Waals surface area (Å²) in [7, 11) is 1.70. The molecule has 0 aliphatic heterocycles.